The summed E-state index contributed by atoms with van der Waals surface area (Å²) in [5.41, 5.74) is 3.06. The smallest absolute Gasteiger partial charge is 0.0795 e. The predicted molar refractivity (Wildman–Crippen MR) is 68.7 cm³/mol. The molecule has 1 aromatic heterocycles. The first-order valence-electron chi connectivity index (χ1n) is 6.18. The first-order valence-corrected chi connectivity index (χ1v) is 7.12. The van der Waals surface area contributed by atoms with Crippen molar-refractivity contribution in [1.29, 1.82) is 0 Å². The summed E-state index contributed by atoms with van der Waals surface area (Å²) in [6.07, 6.45) is 4.15. The Morgan fingerprint density at radius 2 is 2.50 bits per heavy atom. The highest BCUT2D eigenvalue weighted by molar-refractivity contribution is 7.07. The average molecular weight is 239 g/mol. The molecule has 1 unspecified atom stereocenters. The highest BCUT2D eigenvalue weighted by Crippen LogP contribution is 2.15. The molecule has 1 atom stereocenters. The van der Waals surface area contributed by atoms with E-state index in [2.05, 4.69) is 27.5 Å². The summed E-state index contributed by atoms with van der Waals surface area (Å²) in [7, 11) is 0. The molecule has 1 aliphatic heterocycles. The zero-order chi connectivity index (χ0) is 11.2. The lowest BCUT2D eigenvalue weighted by atomic mass is 10.0. The number of likely N-dealkylation sites (tertiary alicyclic amines) is 1. The highest BCUT2D eigenvalue weighted by atomic mass is 32.1. The van der Waals surface area contributed by atoms with E-state index in [1.165, 1.54) is 32.4 Å². The molecule has 2 rings (SSSR count). The second kappa shape index (κ2) is 6.33. The molecule has 1 aliphatic rings. The van der Waals surface area contributed by atoms with Gasteiger partial charge in [-0.1, -0.05) is 6.42 Å². The van der Waals surface area contributed by atoms with Crippen LogP contribution in [-0.2, 0) is 6.54 Å². The van der Waals surface area contributed by atoms with E-state index < -0.39 is 0 Å². The van der Waals surface area contributed by atoms with E-state index in [0.717, 1.165) is 24.8 Å². The quantitative estimate of drug-likeness (QED) is 0.798. The van der Waals surface area contributed by atoms with Crippen LogP contribution in [0.2, 0.25) is 0 Å². The van der Waals surface area contributed by atoms with Gasteiger partial charge in [-0.25, -0.2) is 4.98 Å². The maximum absolute atomic E-state index is 4.26. The number of aromatic nitrogens is 1. The number of piperidine rings is 1. The zero-order valence-electron chi connectivity index (χ0n) is 9.98. The number of thiazole rings is 1. The second-order valence-electron chi connectivity index (χ2n) is 4.54. The molecular weight excluding hydrogens is 218 g/mol. The van der Waals surface area contributed by atoms with E-state index >= 15 is 0 Å². The van der Waals surface area contributed by atoms with E-state index in [9.17, 15) is 0 Å². The molecule has 2 heterocycles. The van der Waals surface area contributed by atoms with Crippen LogP contribution in [0, 0.1) is 0 Å². The van der Waals surface area contributed by atoms with Gasteiger partial charge in [0, 0.05) is 31.1 Å². The molecule has 0 spiro atoms. The first-order chi connectivity index (χ1) is 7.86. The van der Waals surface area contributed by atoms with Crippen LogP contribution < -0.4 is 5.32 Å². The molecule has 0 radical (unpaired) electrons. The van der Waals surface area contributed by atoms with Crippen molar-refractivity contribution in [1.82, 2.24) is 15.2 Å². The lowest BCUT2D eigenvalue weighted by Crippen LogP contribution is -2.41. The van der Waals surface area contributed by atoms with E-state index in [0.29, 0.717) is 0 Å². The molecule has 0 aliphatic carbocycles. The predicted octanol–water partition coefficient (Wildman–Crippen LogP) is 2.11. The van der Waals surface area contributed by atoms with Gasteiger partial charge >= 0.3 is 0 Å². The van der Waals surface area contributed by atoms with Gasteiger partial charge < -0.3 is 5.32 Å². The van der Waals surface area contributed by atoms with Crippen molar-refractivity contribution in [3.8, 4) is 0 Å². The lowest BCUT2D eigenvalue weighted by molar-refractivity contribution is 0.161. The number of nitrogens with one attached hydrogen (secondary N) is 1. The number of hydrogen-bond donors (Lipinski definition) is 1. The largest absolute Gasteiger partial charge is 0.310 e. The molecular formula is C12H21N3S. The molecule has 0 amide bonds. The maximum atomic E-state index is 4.26. The van der Waals surface area contributed by atoms with E-state index in [4.69, 9.17) is 0 Å². The Labute approximate surface area is 102 Å². The molecule has 0 saturated carbocycles. The Kier molecular flexibility index (Phi) is 4.75. The van der Waals surface area contributed by atoms with E-state index in [1.54, 1.807) is 11.3 Å². The van der Waals surface area contributed by atoms with Crippen LogP contribution in [0.1, 0.15) is 31.9 Å². The summed E-state index contributed by atoms with van der Waals surface area (Å²) in [5.74, 6) is 0. The number of nitrogens with zero attached hydrogens (tertiary/aromatic N) is 2. The monoisotopic (exact) mass is 239 g/mol. The summed E-state index contributed by atoms with van der Waals surface area (Å²) in [5, 5.41) is 5.57. The Morgan fingerprint density at radius 3 is 3.25 bits per heavy atom. The van der Waals surface area contributed by atoms with Gasteiger partial charge in [0.1, 0.15) is 0 Å². The summed E-state index contributed by atoms with van der Waals surface area (Å²) in [6.45, 7) is 6.78. The fraction of sp³-hybridized carbons (Fsp3) is 0.750. The molecule has 0 bridgehead atoms. The molecule has 16 heavy (non-hydrogen) atoms. The van der Waals surface area contributed by atoms with Crippen molar-refractivity contribution in [3.63, 3.8) is 0 Å². The van der Waals surface area contributed by atoms with Crippen molar-refractivity contribution < 1.29 is 0 Å². The fourth-order valence-corrected chi connectivity index (χ4v) is 2.81. The third-order valence-corrected chi connectivity index (χ3v) is 3.94. The number of rotatable bonds is 5. The van der Waals surface area contributed by atoms with Crippen molar-refractivity contribution in [2.75, 3.05) is 19.6 Å². The van der Waals surface area contributed by atoms with Crippen LogP contribution >= 0.6 is 11.3 Å². The normalized spacial score (nSPS) is 22.4. The van der Waals surface area contributed by atoms with Crippen LogP contribution in [0.25, 0.3) is 0 Å². The molecule has 1 saturated heterocycles. The lowest BCUT2D eigenvalue weighted by Gasteiger charge is -2.33. The third-order valence-electron chi connectivity index (χ3n) is 3.31. The Bertz CT molecular complexity index is 286. The topological polar surface area (TPSA) is 28.2 Å². The van der Waals surface area contributed by atoms with Crippen molar-refractivity contribution in [3.05, 3.63) is 16.6 Å². The van der Waals surface area contributed by atoms with Crippen molar-refractivity contribution >= 4 is 11.3 Å². The van der Waals surface area contributed by atoms with Gasteiger partial charge in [-0.2, -0.15) is 0 Å². The molecule has 1 N–H and O–H groups in total. The van der Waals surface area contributed by atoms with Crippen LogP contribution in [0.5, 0.6) is 0 Å². The molecule has 1 fully saturated rings. The van der Waals surface area contributed by atoms with Gasteiger partial charge in [-0.3, -0.25) is 4.90 Å². The van der Waals surface area contributed by atoms with Gasteiger partial charge in [0.25, 0.3) is 0 Å². The van der Waals surface area contributed by atoms with E-state index in [-0.39, 0.29) is 0 Å². The Morgan fingerprint density at radius 1 is 1.56 bits per heavy atom. The minimum absolute atomic E-state index is 0.773. The minimum Gasteiger partial charge on any atom is -0.310 e. The van der Waals surface area contributed by atoms with Gasteiger partial charge in [-0.15, -0.1) is 11.3 Å². The summed E-state index contributed by atoms with van der Waals surface area (Å²) < 4.78 is 0. The van der Waals surface area contributed by atoms with Crippen LogP contribution in [-0.4, -0.2) is 35.6 Å². The molecule has 3 nitrogen and oxygen atoms in total. The number of hydrogen-bond acceptors (Lipinski definition) is 4. The summed E-state index contributed by atoms with van der Waals surface area (Å²) in [4.78, 5) is 6.85. The highest BCUT2D eigenvalue weighted by Gasteiger charge is 2.16. The molecule has 0 aromatic carbocycles. The second-order valence-corrected chi connectivity index (χ2v) is 5.26. The fourth-order valence-electron chi connectivity index (χ4n) is 2.25. The van der Waals surface area contributed by atoms with Gasteiger partial charge in [0.05, 0.1) is 11.2 Å². The van der Waals surface area contributed by atoms with Gasteiger partial charge in [0.15, 0.2) is 0 Å². The van der Waals surface area contributed by atoms with Gasteiger partial charge in [-0.05, 0) is 26.3 Å². The summed E-state index contributed by atoms with van der Waals surface area (Å²) >= 11 is 1.66. The average Bonchev–Trinajstić information content (AvgIpc) is 2.79. The first kappa shape index (κ1) is 12.0. The summed E-state index contributed by atoms with van der Waals surface area (Å²) in [6, 6.07) is 0.773. The van der Waals surface area contributed by atoms with Gasteiger partial charge in [0.2, 0.25) is 0 Å². The van der Waals surface area contributed by atoms with Crippen LogP contribution in [0.15, 0.2) is 10.9 Å². The van der Waals surface area contributed by atoms with Crippen molar-refractivity contribution in [2.45, 2.75) is 38.8 Å². The van der Waals surface area contributed by atoms with E-state index in [1.807, 2.05) is 5.51 Å². The SMILES string of the molecule is CC1CCCCN1CCNCc1cscn1. The Balaban J connectivity index is 1.60. The molecule has 90 valence electrons. The third kappa shape index (κ3) is 3.54. The van der Waals surface area contributed by atoms with Crippen LogP contribution in [0.4, 0.5) is 0 Å². The molecule has 4 heteroatoms. The minimum atomic E-state index is 0.773. The van der Waals surface area contributed by atoms with Crippen LogP contribution in [0.3, 0.4) is 0 Å². The van der Waals surface area contributed by atoms with Crippen molar-refractivity contribution in [2.24, 2.45) is 0 Å². The Hall–Kier alpha value is -0.450. The maximum Gasteiger partial charge on any atom is 0.0795 e. The zero-order valence-corrected chi connectivity index (χ0v) is 10.8. The standard InChI is InChI=1S/C12H21N3S/c1-11-4-2-3-6-15(11)7-5-13-8-12-9-16-10-14-12/h9-11,13H,2-8H2,1H3. The molecule has 1 aromatic rings.